The molecule has 0 atom stereocenters. The molecule has 0 aliphatic heterocycles. The molecule has 0 saturated heterocycles. The van der Waals surface area contributed by atoms with Crippen molar-refractivity contribution in [3.63, 3.8) is 0 Å². The Hall–Kier alpha value is -0.410. The molecule has 1 aliphatic carbocycles. The predicted octanol–water partition coefficient (Wildman–Crippen LogP) is 3.63. The van der Waals surface area contributed by atoms with Crippen molar-refractivity contribution in [2.75, 3.05) is 33.9 Å². The van der Waals surface area contributed by atoms with Gasteiger partial charge in [0, 0.05) is 51.3 Å². The topological polar surface area (TPSA) is 58.5 Å². The summed E-state index contributed by atoms with van der Waals surface area (Å²) in [6, 6.07) is 0. The average Bonchev–Trinajstić information content (AvgIpc) is 3.26. The molecule has 2 N–H and O–H groups in total. The number of nitrogens with zero attached hydrogens (tertiary/aromatic N) is 2. The van der Waals surface area contributed by atoms with Gasteiger partial charge in [-0.15, -0.1) is 35.3 Å². The molecule has 0 radical (unpaired) electrons. The second-order valence-corrected chi connectivity index (χ2v) is 7.83. The van der Waals surface area contributed by atoms with Crippen LogP contribution in [0.15, 0.2) is 11.2 Å². The van der Waals surface area contributed by atoms with Gasteiger partial charge in [-0.25, -0.2) is 4.98 Å². The van der Waals surface area contributed by atoms with Gasteiger partial charge in [0.05, 0.1) is 5.01 Å². The highest BCUT2D eigenvalue weighted by Crippen LogP contribution is 2.40. The molecule has 5 nitrogen and oxygen atoms in total. The Morgan fingerprint density at radius 3 is 2.72 bits per heavy atom. The largest absolute Gasteiger partial charge is 0.385 e. The molecule has 1 fully saturated rings. The van der Waals surface area contributed by atoms with Crippen LogP contribution in [-0.2, 0) is 17.6 Å². The zero-order valence-corrected chi connectivity index (χ0v) is 18.9. The number of aromatic nitrogens is 1. The lowest BCUT2D eigenvalue weighted by atomic mass is 9.83. The molecule has 0 unspecified atom stereocenters. The van der Waals surface area contributed by atoms with Gasteiger partial charge >= 0.3 is 0 Å². The van der Waals surface area contributed by atoms with Gasteiger partial charge in [0.25, 0.3) is 0 Å². The summed E-state index contributed by atoms with van der Waals surface area (Å²) in [5.41, 5.74) is 0.374. The number of halogens is 1. The second-order valence-electron chi connectivity index (χ2n) is 6.63. The lowest BCUT2D eigenvalue weighted by Gasteiger charge is -2.29. The molecular weight excluding hydrogens is 447 g/mol. The zero-order chi connectivity index (χ0) is 17.3. The number of nitrogens with one attached hydrogen (secondary N) is 2. The van der Waals surface area contributed by atoms with E-state index in [1.807, 2.05) is 24.6 Å². The van der Waals surface area contributed by atoms with Gasteiger partial charge in [-0.1, -0.05) is 19.8 Å². The quantitative estimate of drug-likeness (QED) is 0.322. The summed E-state index contributed by atoms with van der Waals surface area (Å²) in [6.07, 6.45) is 10.4. The fourth-order valence-electron chi connectivity index (χ4n) is 3.37. The van der Waals surface area contributed by atoms with Crippen molar-refractivity contribution in [3.05, 3.63) is 16.1 Å². The van der Waals surface area contributed by atoms with Crippen molar-refractivity contribution >= 4 is 41.3 Å². The third-order valence-corrected chi connectivity index (χ3v) is 6.14. The highest BCUT2D eigenvalue weighted by Gasteiger charge is 2.33. The van der Waals surface area contributed by atoms with Crippen molar-refractivity contribution in [2.24, 2.45) is 10.4 Å². The van der Waals surface area contributed by atoms with Crippen molar-refractivity contribution < 1.29 is 4.74 Å². The summed E-state index contributed by atoms with van der Waals surface area (Å²) >= 11 is 1.81. The van der Waals surface area contributed by atoms with E-state index >= 15 is 0 Å². The molecule has 1 heterocycles. The van der Waals surface area contributed by atoms with Crippen molar-refractivity contribution in [1.29, 1.82) is 0 Å². The molecule has 7 heteroatoms. The number of methoxy groups -OCH3 is 1. The Labute approximate surface area is 173 Å². The molecule has 25 heavy (non-hydrogen) atoms. The van der Waals surface area contributed by atoms with Gasteiger partial charge in [0.15, 0.2) is 5.96 Å². The Bertz CT molecular complexity index is 515. The van der Waals surface area contributed by atoms with E-state index in [1.165, 1.54) is 35.6 Å². The summed E-state index contributed by atoms with van der Waals surface area (Å²) in [7, 11) is 3.63. The smallest absolute Gasteiger partial charge is 0.191 e. The average molecular weight is 480 g/mol. The maximum absolute atomic E-state index is 5.31. The highest BCUT2D eigenvalue weighted by atomic mass is 127. The van der Waals surface area contributed by atoms with E-state index in [9.17, 15) is 0 Å². The molecule has 1 aromatic rings. The Morgan fingerprint density at radius 2 is 2.12 bits per heavy atom. The molecule has 1 saturated carbocycles. The Kier molecular flexibility index (Phi) is 10.9. The van der Waals surface area contributed by atoms with Gasteiger partial charge in [-0.2, -0.15) is 0 Å². The number of hydrogen-bond acceptors (Lipinski definition) is 4. The van der Waals surface area contributed by atoms with Crippen LogP contribution in [0.4, 0.5) is 0 Å². The van der Waals surface area contributed by atoms with E-state index in [-0.39, 0.29) is 24.0 Å². The minimum absolute atomic E-state index is 0. The van der Waals surface area contributed by atoms with E-state index in [0.717, 1.165) is 44.9 Å². The van der Waals surface area contributed by atoms with Gasteiger partial charge in [0.2, 0.25) is 0 Å². The fraction of sp³-hybridized carbons (Fsp3) is 0.778. The van der Waals surface area contributed by atoms with Gasteiger partial charge < -0.3 is 15.4 Å². The van der Waals surface area contributed by atoms with E-state index < -0.39 is 0 Å². The van der Waals surface area contributed by atoms with Crippen LogP contribution in [0.25, 0.3) is 0 Å². The monoisotopic (exact) mass is 480 g/mol. The van der Waals surface area contributed by atoms with Gasteiger partial charge in [-0.3, -0.25) is 4.99 Å². The van der Waals surface area contributed by atoms with Crippen molar-refractivity contribution in [1.82, 2.24) is 15.6 Å². The van der Waals surface area contributed by atoms with E-state index in [4.69, 9.17) is 4.74 Å². The van der Waals surface area contributed by atoms with E-state index in [0.29, 0.717) is 5.41 Å². The highest BCUT2D eigenvalue weighted by molar-refractivity contribution is 14.0. The molecule has 1 aliphatic rings. The van der Waals surface area contributed by atoms with Crippen LogP contribution in [0.2, 0.25) is 0 Å². The summed E-state index contributed by atoms with van der Waals surface area (Å²) in [6.45, 7) is 4.86. The van der Waals surface area contributed by atoms with Crippen molar-refractivity contribution in [2.45, 2.75) is 51.9 Å². The van der Waals surface area contributed by atoms with E-state index in [2.05, 4.69) is 27.5 Å². The number of hydrogen-bond donors (Lipinski definition) is 2. The van der Waals surface area contributed by atoms with E-state index in [1.54, 1.807) is 7.11 Å². The molecule has 1 aromatic heterocycles. The number of rotatable bonds is 9. The summed E-state index contributed by atoms with van der Waals surface area (Å²) in [5, 5.41) is 8.14. The number of aliphatic imine (C=N–C) groups is 1. The SMILES string of the molecule is CCc1cnc(CCNC(=NC)NCC2(CCOC)CCCC2)s1.I. The standard InChI is InChI=1S/C18H32N4OS.HI/c1-4-15-13-21-16(24-15)7-11-20-17(19-2)22-14-18(10-12-23-3)8-5-6-9-18;/h13H,4-12,14H2,1-3H3,(H2,19,20,22);1H. The van der Waals surface area contributed by atoms with Crippen LogP contribution in [0.5, 0.6) is 0 Å². The van der Waals surface area contributed by atoms with Crippen molar-refractivity contribution in [3.8, 4) is 0 Å². The second kappa shape index (κ2) is 12.1. The normalized spacial score (nSPS) is 16.5. The molecule has 2 rings (SSSR count). The van der Waals surface area contributed by atoms with Crippen LogP contribution >= 0.6 is 35.3 Å². The first-order chi connectivity index (χ1) is 11.7. The lowest BCUT2D eigenvalue weighted by molar-refractivity contribution is 0.138. The van der Waals surface area contributed by atoms with Crippen LogP contribution in [0, 0.1) is 5.41 Å². The first-order valence-electron chi connectivity index (χ1n) is 9.08. The number of ether oxygens (including phenoxy) is 1. The molecular formula is C18H33IN4OS. The first kappa shape index (κ1) is 22.6. The van der Waals surface area contributed by atoms with Crippen LogP contribution in [-0.4, -0.2) is 44.8 Å². The summed E-state index contributed by atoms with van der Waals surface area (Å²) < 4.78 is 5.31. The molecule has 144 valence electrons. The zero-order valence-electron chi connectivity index (χ0n) is 15.8. The predicted molar refractivity (Wildman–Crippen MR) is 117 cm³/mol. The Balaban J connectivity index is 0.00000312. The first-order valence-corrected chi connectivity index (χ1v) is 9.90. The Morgan fingerprint density at radius 1 is 1.36 bits per heavy atom. The fourth-order valence-corrected chi connectivity index (χ4v) is 4.23. The van der Waals surface area contributed by atoms with Crippen LogP contribution in [0.1, 0.15) is 48.9 Å². The number of thiazole rings is 1. The minimum Gasteiger partial charge on any atom is -0.385 e. The minimum atomic E-state index is 0. The molecule has 0 bridgehead atoms. The summed E-state index contributed by atoms with van der Waals surface area (Å²) in [5.74, 6) is 0.894. The van der Waals surface area contributed by atoms with Crippen LogP contribution in [0.3, 0.4) is 0 Å². The summed E-state index contributed by atoms with van der Waals surface area (Å²) in [4.78, 5) is 10.2. The van der Waals surface area contributed by atoms with Gasteiger partial charge in [0.1, 0.15) is 0 Å². The lowest BCUT2D eigenvalue weighted by Crippen LogP contribution is -2.43. The van der Waals surface area contributed by atoms with Crippen LogP contribution < -0.4 is 10.6 Å². The maximum atomic E-state index is 5.31. The number of aryl methyl sites for hydroxylation is 1. The van der Waals surface area contributed by atoms with Gasteiger partial charge in [-0.05, 0) is 31.1 Å². The third kappa shape index (κ3) is 7.38. The molecule has 0 spiro atoms. The third-order valence-electron chi connectivity index (χ3n) is 4.94. The molecule has 0 aromatic carbocycles. The maximum Gasteiger partial charge on any atom is 0.191 e. The number of guanidine groups is 1. The molecule has 0 amide bonds.